The molecule has 0 saturated carbocycles. The van der Waals surface area contributed by atoms with E-state index < -0.39 is 0 Å². The molecule has 1 atom stereocenters. The van der Waals surface area contributed by atoms with Gasteiger partial charge in [0.15, 0.2) is 11.8 Å². The smallest absolute Gasteiger partial charge is 0.441 e. The number of nitrogens with zero attached hydrogens (tertiary/aromatic N) is 6. The highest BCUT2D eigenvalue weighted by molar-refractivity contribution is 6.30. The van der Waals surface area contributed by atoms with Gasteiger partial charge in [0, 0.05) is 148 Å². The Kier molecular flexibility index (Phi) is 6.59. The monoisotopic (exact) mass is 701 g/mol. The molecule has 7 nitrogen and oxygen atoms in total. The molecule has 0 aliphatic carbocycles. The van der Waals surface area contributed by atoms with E-state index in [4.69, 9.17) is 19.4 Å². The zero-order valence-electron chi connectivity index (χ0n) is 24.1. The lowest BCUT2D eigenvalue weighted by atomic mass is 9.86. The first kappa shape index (κ1) is 23.4. The minimum atomic E-state index is -0.0970. The average molecular weight is 702 g/mol. The zero-order chi connectivity index (χ0) is 27.8. The molecule has 2 N–H and O–H groups in total. The lowest BCUT2D eigenvalue weighted by molar-refractivity contribution is 0.266. The largest absolute Gasteiger partial charge is 0.487 e. The topological polar surface area (TPSA) is 84.3 Å². The lowest BCUT2D eigenvalue weighted by Gasteiger charge is -2.26. The SMILES string of the molecule is [2H][O+]([2H])Cc1c(Cl)nc(CC(C)(C)CC)n1C(C)c1ccc(-c2c(C)cccc2-c2nnn(C)n2)cc1C.[HH].[HH].[HH].[HH].[HH].[HH].[HH].[HH].[HH].[HH].[HH].[HH].[HH].[HH].[HH].[HH].[HH].[HH].[HH].[HH].[HH].[HH].[HH].[HH].[HH].[HH].[HH].[HH].[HH].[HH].[HH].[HH].[HH].[HH].[HH].[HH].[HH].[HH].[HH].[HH].[HH].[HH].[HH].[HH].[HH].[HH].[HH].[HH].[HH].[HH].[HH].[HH].[HH].[HH].[HH].[HH].[HH].[HH].[HH].[HH].[HH].[HH].[HH].[HH].[HH].[HH].[HH].[HH].[HH].[HH].[HH].[HH].[HH].[HH].[HH].[HH].[HH].[HH].[HH].[HH].[HH].[HH].[HH].[HH].[HH].[HH].[HH].[HH].[HH].[HH].[HH].[HH].[HH].[HH].[HH]. The van der Waals surface area contributed by atoms with Crippen LogP contribution in [-0.2, 0) is 20.1 Å². The van der Waals surface area contributed by atoms with Crippen molar-refractivity contribution in [1.82, 2.24) is 29.8 Å². The van der Waals surface area contributed by atoms with E-state index in [9.17, 15) is 0 Å². The van der Waals surface area contributed by atoms with Gasteiger partial charge in [0.05, 0.1) is 13.1 Å². The van der Waals surface area contributed by atoms with Gasteiger partial charge in [-0.2, -0.15) is 4.80 Å². The minimum absolute atomic E-state index is 0. The van der Waals surface area contributed by atoms with E-state index in [0.717, 1.165) is 52.0 Å². The van der Waals surface area contributed by atoms with Crippen LogP contribution in [0.25, 0.3) is 22.5 Å². The fourth-order valence-electron chi connectivity index (χ4n) is 4.82. The quantitative estimate of drug-likeness (QED) is 0.163. The molecule has 0 saturated heterocycles. The van der Waals surface area contributed by atoms with Gasteiger partial charge in [0.2, 0.25) is 5.82 Å². The molecule has 0 aliphatic heterocycles. The maximum atomic E-state index is 7.66. The summed E-state index contributed by atoms with van der Waals surface area (Å²) in [5, 5.41) is 14.5. The van der Waals surface area contributed by atoms with Crippen LogP contribution in [0.2, 0.25) is 5.15 Å². The van der Waals surface area contributed by atoms with Crippen LogP contribution < -0.4 is 0 Å². The van der Waals surface area contributed by atoms with E-state index in [-0.39, 0.29) is 154 Å². The highest BCUT2D eigenvalue weighted by atomic mass is 35.5. The normalized spacial score (nSPS) is 13.7. The molecule has 0 fully saturated rings. The molecule has 0 amide bonds. The molecule has 8 heteroatoms. The van der Waals surface area contributed by atoms with Crippen molar-refractivity contribution in [1.29, 1.82) is 2.86 Å². The number of imidazole rings is 1. The van der Waals surface area contributed by atoms with Crippen LogP contribution in [-0.4, -0.2) is 37.7 Å². The summed E-state index contributed by atoms with van der Waals surface area (Å²) < 4.78 is 17.4. The first-order valence-corrected chi connectivity index (χ1v) is 12.7. The number of aryl methyl sites for hydroxylation is 3. The molecule has 1 unspecified atom stereocenters. The van der Waals surface area contributed by atoms with E-state index in [1.165, 1.54) is 9.91 Å². The Balaban J connectivity index is -0.00000000197. The summed E-state index contributed by atoms with van der Waals surface area (Å²) in [4.78, 5) is 6.16. The molecule has 4 aromatic rings. The van der Waals surface area contributed by atoms with Crippen LogP contribution in [0.1, 0.15) is 204 Å². The third-order valence-corrected chi connectivity index (χ3v) is 7.49. The standard InChI is InChI=1S/C28H35ClN6O.95H2/c1-8-28(5,6)15-24-30-26(29)23(16-36)35(24)19(4)21-13-12-20(14-18(21)3)25-17(2)10-9-11-22(25)27-31-33-34(7)32-27;;;;;;;;;;;;;;;;;;;;;;;;;;;;;;;;;;;;;;;;;;;;;;;;;;;;;;;;;;;;;;;;;;;;;;;;;;;;;;;;;;;;;;;;;;;;;;;/h9-14,19,36H,8,15-16H2,1-7H3;95*1H/p+1/i36D;;;;;;;;;;;;;;;;;;;;;;;;;;;;;;;;;;;;;;;;;;;;;;;;;;;;;;;;;;;;;;;;;;;;;;;;;;;;;;;;;;;;;;;;;;;;;;;/hD. The van der Waals surface area contributed by atoms with Crippen molar-refractivity contribution in [3.8, 4) is 22.5 Å². The molecule has 2 aromatic carbocycles. The van der Waals surface area contributed by atoms with Gasteiger partial charge in [0.25, 0.3) is 0 Å². The summed E-state index contributed by atoms with van der Waals surface area (Å²) in [5.74, 6) is 1.46. The van der Waals surface area contributed by atoms with Gasteiger partial charge in [-0.25, -0.2) is 4.98 Å². The lowest BCUT2D eigenvalue weighted by Crippen LogP contribution is -2.21. The summed E-state index contributed by atoms with van der Waals surface area (Å²) in [6.45, 7) is 12.9. The molecule has 0 aliphatic rings. The Labute approximate surface area is 362 Å². The van der Waals surface area contributed by atoms with Crippen molar-refractivity contribution >= 4 is 11.6 Å². The van der Waals surface area contributed by atoms with Crippen LogP contribution in [0.3, 0.4) is 0 Å². The van der Waals surface area contributed by atoms with E-state index >= 15 is 0 Å². The zero-order valence-corrected chi connectivity index (χ0v) is 22.9. The van der Waals surface area contributed by atoms with Gasteiger partial charge in [-0.1, -0.05) is 75.2 Å². The predicted molar refractivity (Wildman–Crippen MR) is 346 cm³/mol. The van der Waals surface area contributed by atoms with Crippen LogP contribution in [0.5, 0.6) is 0 Å². The molecular formula is C28H226ClN6O+. The molecule has 0 spiro atoms. The van der Waals surface area contributed by atoms with Crippen LogP contribution in [0.15, 0.2) is 36.4 Å². The van der Waals surface area contributed by atoms with Crippen molar-refractivity contribution in [2.75, 3.05) is 0 Å². The Bertz CT molecular complexity index is 1550. The minimum Gasteiger partial charge on any atom is -0.441 e. The van der Waals surface area contributed by atoms with Gasteiger partial charge in [-0.15, -0.1) is 10.2 Å². The summed E-state index contributed by atoms with van der Waals surface area (Å²) in [5.41, 5.74) is 7.15. The average Bonchev–Trinajstić information content (AvgIpc) is 3.40. The summed E-state index contributed by atoms with van der Waals surface area (Å²) in [7, 11) is 1.76. The number of aromatic nitrogens is 6. The Morgan fingerprint density at radius 3 is 2.61 bits per heavy atom. The maximum absolute atomic E-state index is 7.66. The van der Waals surface area contributed by atoms with Crippen molar-refractivity contribution in [3.05, 3.63) is 69.8 Å². The first-order valence-electron chi connectivity index (χ1n) is 13.2. The third kappa shape index (κ3) is 4.95. The maximum Gasteiger partial charge on any atom is 0.487 e. The van der Waals surface area contributed by atoms with Gasteiger partial charge in [0.1, 0.15) is 11.5 Å². The molecule has 0 bridgehead atoms. The Hall–Kier alpha value is -3.03. The van der Waals surface area contributed by atoms with Crippen LogP contribution in [0.4, 0.5) is 0 Å². The first-order chi connectivity index (χ1) is 17.9. The predicted octanol–water partition coefficient (Wildman–Crippen LogP) is 29.2. The van der Waals surface area contributed by atoms with E-state index in [1.54, 1.807) is 7.05 Å². The second-order valence-corrected chi connectivity index (χ2v) is 10.7. The molecular weight excluding hydrogens is 472 g/mol. The molecule has 0 radical (unpaired) electrons. The van der Waals surface area contributed by atoms with Crippen molar-refractivity contribution in [3.63, 3.8) is 0 Å². The van der Waals surface area contributed by atoms with E-state index in [1.807, 2.05) is 12.1 Å². The van der Waals surface area contributed by atoms with Gasteiger partial charge in [-0.3, -0.25) is 0 Å². The number of hydrogen-bond acceptors (Lipinski definition) is 4. The number of rotatable bonds is 9. The van der Waals surface area contributed by atoms with Crippen molar-refractivity contribution < 1.29 is 141 Å². The van der Waals surface area contributed by atoms with Crippen molar-refractivity contribution in [2.45, 2.75) is 67.0 Å². The molecule has 380 valence electrons. The molecule has 4 rings (SSSR count). The molecule has 36 heavy (non-hydrogen) atoms. The third-order valence-electron chi connectivity index (χ3n) is 7.18. The van der Waals surface area contributed by atoms with E-state index in [2.05, 4.69) is 85.8 Å². The van der Waals surface area contributed by atoms with Crippen LogP contribution in [0, 0.1) is 19.3 Å². The second kappa shape index (κ2) is 10.1. The Morgan fingerprint density at radius 1 is 1.19 bits per heavy atom. The van der Waals surface area contributed by atoms with E-state index in [0.29, 0.717) is 16.7 Å². The number of benzene rings is 2. The highest BCUT2D eigenvalue weighted by Crippen LogP contribution is 2.37. The number of hydrogen-bond donors (Lipinski definition) is 0. The summed E-state index contributed by atoms with van der Waals surface area (Å²) in [6.07, 6.45) is 1.73. The molecule has 2 heterocycles. The summed E-state index contributed by atoms with van der Waals surface area (Å²) >= 11 is 6.58. The van der Waals surface area contributed by atoms with Gasteiger partial charge in [-0.05, 0) is 59.2 Å². The fraction of sp³-hybridized carbons (Fsp3) is 0.429. The summed E-state index contributed by atoms with van der Waals surface area (Å²) in [6, 6.07) is 12.5. The Morgan fingerprint density at radius 2 is 1.97 bits per heavy atom. The van der Waals surface area contributed by atoms with Gasteiger partial charge >= 0.3 is 2.86 Å². The highest BCUT2D eigenvalue weighted by Gasteiger charge is 2.27. The second-order valence-electron chi connectivity index (χ2n) is 10.3. The van der Waals surface area contributed by atoms with Crippen LogP contribution >= 0.6 is 11.6 Å². The molecule has 2 aromatic heterocycles. The fourth-order valence-corrected chi connectivity index (χ4v) is 5.06. The van der Waals surface area contributed by atoms with Gasteiger partial charge < -0.3 is 9.68 Å². The van der Waals surface area contributed by atoms with Crippen molar-refractivity contribution in [2.24, 2.45) is 12.5 Å². The number of halogens is 1. The number of tetrazole rings is 1.